The van der Waals surface area contributed by atoms with Gasteiger partial charge < -0.3 is 11.1 Å². The lowest BCUT2D eigenvalue weighted by atomic mass is 9.97. The van der Waals surface area contributed by atoms with E-state index < -0.39 is 0 Å². The monoisotopic (exact) mass is 212 g/mol. The molecule has 1 aromatic rings. The van der Waals surface area contributed by atoms with Crippen molar-refractivity contribution in [2.24, 2.45) is 5.92 Å². The van der Waals surface area contributed by atoms with Crippen molar-refractivity contribution < 1.29 is 4.79 Å². The Morgan fingerprint density at radius 3 is 3.00 bits per heavy atom. The third kappa shape index (κ3) is 1.39. The van der Waals surface area contributed by atoms with E-state index in [0.717, 1.165) is 5.56 Å². The predicted octanol–water partition coefficient (Wildman–Crippen LogP) is 0.843. The van der Waals surface area contributed by atoms with Crippen LogP contribution in [0.4, 0.5) is 11.6 Å². The van der Waals surface area contributed by atoms with E-state index in [9.17, 15) is 4.79 Å². The summed E-state index contributed by atoms with van der Waals surface area (Å²) in [5.74, 6) is 0.610. The van der Waals surface area contributed by atoms with Crippen molar-refractivity contribution in [2.75, 3.05) is 11.1 Å². The number of anilines is 2. The summed E-state index contributed by atoms with van der Waals surface area (Å²) in [5, 5.41) is 2.69. The summed E-state index contributed by atoms with van der Waals surface area (Å²) < 4.78 is 0. The van der Waals surface area contributed by atoms with Gasteiger partial charge in [-0.25, -0.2) is 4.98 Å². The lowest BCUT2D eigenvalue weighted by Gasteiger charge is -2.21. The molecule has 2 heterocycles. The fourth-order valence-corrected chi connectivity index (χ4v) is 1.59. The molecular weight excluding hydrogens is 204 g/mol. The largest absolute Gasteiger partial charge is 0.383 e. The molecule has 14 heavy (non-hydrogen) atoms. The van der Waals surface area contributed by atoms with Gasteiger partial charge in [0.25, 0.3) is 0 Å². The fraction of sp³-hybridized carbons (Fsp3) is 0.375. The van der Waals surface area contributed by atoms with Crippen LogP contribution in [0.25, 0.3) is 0 Å². The summed E-state index contributed by atoms with van der Waals surface area (Å²) in [6.07, 6.45) is 0.560. The second-order valence-electron chi connectivity index (χ2n) is 3.30. The van der Waals surface area contributed by atoms with Crippen LogP contribution in [-0.4, -0.2) is 15.9 Å². The maximum Gasteiger partial charge on any atom is 0.228 e. The van der Waals surface area contributed by atoms with Crippen LogP contribution in [0.3, 0.4) is 0 Å². The molecule has 1 aliphatic rings. The van der Waals surface area contributed by atoms with Crippen molar-refractivity contribution in [1.29, 1.82) is 0 Å². The van der Waals surface area contributed by atoms with Crippen molar-refractivity contribution in [3.8, 4) is 0 Å². The Labute approximate surface area is 85.7 Å². The molecule has 0 aromatic carbocycles. The molecule has 3 N–H and O–H groups in total. The SMILES string of the molecule is CC1Cc2c(N)nc(Cl)nc2NC1=O. The lowest BCUT2D eigenvalue weighted by molar-refractivity contribution is -0.119. The van der Waals surface area contributed by atoms with Crippen molar-refractivity contribution in [1.82, 2.24) is 9.97 Å². The summed E-state index contributed by atoms with van der Waals surface area (Å²) in [4.78, 5) is 19.1. The van der Waals surface area contributed by atoms with Gasteiger partial charge in [0.05, 0.1) is 0 Å². The normalized spacial score (nSPS) is 20.1. The first kappa shape index (κ1) is 9.21. The Bertz CT molecular complexity index is 407. The summed E-state index contributed by atoms with van der Waals surface area (Å²) >= 11 is 5.61. The smallest absolute Gasteiger partial charge is 0.228 e. The number of carbonyl (C=O) groups excluding carboxylic acids is 1. The second kappa shape index (κ2) is 3.09. The molecule has 5 nitrogen and oxygen atoms in total. The minimum atomic E-state index is -0.102. The highest BCUT2D eigenvalue weighted by Gasteiger charge is 2.25. The Morgan fingerprint density at radius 2 is 2.29 bits per heavy atom. The summed E-state index contributed by atoms with van der Waals surface area (Å²) in [5.41, 5.74) is 6.43. The van der Waals surface area contributed by atoms with Gasteiger partial charge in [-0.05, 0) is 18.0 Å². The molecular formula is C8H9ClN4O. The molecule has 0 saturated carbocycles. The molecule has 6 heteroatoms. The molecule has 0 saturated heterocycles. The number of hydrogen-bond acceptors (Lipinski definition) is 4. The standard InChI is InChI=1S/C8H9ClN4O/c1-3-2-4-5(10)11-8(9)13-6(4)12-7(3)14/h3H,2H2,1H3,(H3,10,11,12,13,14). The van der Waals surface area contributed by atoms with Crippen molar-refractivity contribution >= 4 is 29.1 Å². The van der Waals surface area contributed by atoms with Crippen LogP contribution < -0.4 is 11.1 Å². The van der Waals surface area contributed by atoms with Gasteiger partial charge in [0.2, 0.25) is 11.2 Å². The number of amides is 1. The first-order valence-electron chi connectivity index (χ1n) is 4.20. The van der Waals surface area contributed by atoms with E-state index in [1.54, 1.807) is 0 Å². The minimum absolute atomic E-state index is 0.0519. The number of nitrogen functional groups attached to an aromatic ring is 1. The third-order valence-corrected chi connectivity index (χ3v) is 2.38. The average molecular weight is 213 g/mol. The number of nitrogens with two attached hydrogens (primary N) is 1. The van der Waals surface area contributed by atoms with Gasteiger partial charge in [-0.2, -0.15) is 4.98 Å². The number of hydrogen-bond donors (Lipinski definition) is 2. The van der Waals surface area contributed by atoms with E-state index >= 15 is 0 Å². The highest BCUT2D eigenvalue weighted by atomic mass is 35.5. The van der Waals surface area contributed by atoms with E-state index in [0.29, 0.717) is 18.1 Å². The van der Waals surface area contributed by atoms with E-state index in [2.05, 4.69) is 15.3 Å². The van der Waals surface area contributed by atoms with Gasteiger partial charge >= 0.3 is 0 Å². The minimum Gasteiger partial charge on any atom is -0.383 e. The highest BCUT2D eigenvalue weighted by molar-refractivity contribution is 6.28. The number of halogens is 1. The van der Waals surface area contributed by atoms with Crippen LogP contribution in [0.2, 0.25) is 5.28 Å². The molecule has 0 spiro atoms. The van der Waals surface area contributed by atoms with Crippen molar-refractivity contribution in [3.63, 3.8) is 0 Å². The quantitative estimate of drug-likeness (QED) is 0.625. The zero-order chi connectivity index (χ0) is 10.3. The topological polar surface area (TPSA) is 80.9 Å². The number of nitrogens with one attached hydrogen (secondary N) is 1. The Morgan fingerprint density at radius 1 is 1.57 bits per heavy atom. The van der Waals surface area contributed by atoms with Gasteiger partial charge in [-0.15, -0.1) is 0 Å². The number of aromatic nitrogens is 2. The number of rotatable bonds is 0. The van der Waals surface area contributed by atoms with Crippen LogP contribution in [0, 0.1) is 5.92 Å². The molecule has 1 atom stereocenters. The van der Waals surface area contributed by atoms with E-state index in [1.807, 2.05) is 6.92 Å². The van der Waals surface area contributed by atoms with Crippen molar-refractivity contribution in [3.05, 3.63) is 10.8 Å². The predicted molar refractivity (Wildman–Crippen MR) is 53.0 cm³/mol. The summed E-state index contributed by atoms with van der Waals surface area (Å²) in [7, 11) is 0. The molecule has 1 amide bonds. The number of fused-ring (bicyclic) bond motifs is 1. The van der Waals surface area contributed by atoms with Crippen LogP contribution in [-0.2, 0) is 11.2 Å². The number of nitrogens with zero attached hydrogens (tertiary/aromatic N) is 2. The second-order valence-corrected chi connectivity index (χ2v) is 3.64. The van der Waals surface area contributed by atoms with Crippen molar-refractivity contribution in [2.45, 2.75) is 13.3 Å². The van der Waals surface area contributed by atoms with E-state index in [4.69, 9.17) is 17.3 Å². The van der Waals surface area contributed by atoms with Crippen LogP contribution in [0.1, 0.15) is 12.5 Å². The molecule has 0 fully saturated rings. The van der Waals surface area contributed by atoms with Gasteiger partial charge in [0, 0.05) is 11.5 Å². The number of carbonyl (C=O) groups is 1. The molecule has 0 bridgehead atoms. The van der Waals surface area contributed by atoms with Gasteiger partial charge in [-0.1, -0.05) is 6.92 Å². The van der Waals surface area contributed by atoms with E-state index in [1.165, 1.54) is 0 Å². The summed E-state index contributed by atoms with van der Waals surface area (Å²) in [6, 6.07) is 0. The Hall–Kier alpha value is -1.36. The summed E-state index contributed by atoms with van der Waals surface area (Å²) in [6.45, 7) is 1.83. The average Bonchev–Trinajstić information content (AvgIpc) is 2.08. The first-order chi connectivity index (χ1) is 6.58. The highest BCUT2D eigenvalue weighted by Crippen LogP contribution is 2.28. The maximum absolute atomic E-state index is 11.3. The molecule has 2 rings (SSSR count). The van der Waals surface area contributed by atoms with Crippen LogP contribution in [0.5, 0.6) is 0 Å². The zero-order valence-electron chi connectivity index (χ0n) is 7.54. The lowest BCUT2D eigenvalue weighted by Crippen LogP contribution is -2.29. The molecule has 1 unspecified atom stereocenters. The third-order valence-electron chi connectivity index (χ3n) is 2.21. The van der Waals surface area contributed by atoms with Gasteiger partial charge in [-0.3, -0.25) is 4.79 Å². The molecule has 0 radical (unpaired) electrons. The first-order valence-corrected chi connectivity index (χ1v) is 4.58. The molecule has 1 aromatic heterocycles. The molecule has 0 aliphatic carbocycles. The van der Waals surface area contributed by atoms with E-state index in [-0.39, 0.29) is 17.1 Å². The zero-order valence-corrected chi connectivity index (χ0v) is 8.30. The van der Waals surface area contributed by atoms with Gasteiger partial charge in [0.1, 0.15) is 11.6 Å². The molecule has 1 aliphatic heterocycles. The van der Waals surface area contributed by atoms with Crippen LogP contribution >= 0.6 is 11.6 Å². The fourth-order valence-electron chi connectivity index (χ4n) is 1.42. The van der Waals surface area contributed by atoms with Crippen LogP contribution in [0.15, 0.2) is 0 Å². The molecule has 74 valence electrons. The Balaban J connectivity index is 2.51. The Kier molecular flexibility index (Phi) is 2.03. The maximum atomic E-state index is 11.3. The van der Waals surface area contributed by atoms with Gasteiger partial charge in [0.15, 0.2) is 0 Å².